The molecule has 0 saturated heterocycles. The SMILES string of the molecule is CC[N+]([O-])(CC)SN=[N+]=[N-]. The summed E-state index contributed by atoms with van der Waals surface area (Å²) in [5.41, 5.74) is 7.91. The van der Waals surface area contributed by atoms with Crippen molar-refractivity contribution in [3.8, 4) is 0 Å². The zero-order chi connectivity index (χ0) is 8.04. The topological polar surface area (TPSA) is 71.8 Å². The van der Waals surface area contributed by atoms with Crippen LogP contribution >= 0.6 is 12.1 Å². The first-order valence-electron chi connectivity index (χ1n) is 2.99. The first-order valence-corrected chi connectivity index (χ1v) is 3.72. The highest BCUT2D eigenvalue weighted by Gasteiger charge is 2.11. The van der Waals surface area contributed by atoms with Gasteiger partial charge in [-0.1, -0.05) is 0 Å². The molecule has 0 saturated carbocycles. The van der Waals surface area contributed by atoms with Crippen molar-refractivity contribution in [2.45, 2.75) is 13.8 Å². The van der Waals surface area contributed by atoms with Crippen LogP contribution in [0.2, 0.25) is 0 Å². The quantitative estimate of drug-likeness (QED) is 0.159. The van der Waals surface area contributed by atoms with Crippen LogP contribution in [0.5, 0.6) is 0 Å². The molecule has 0 aromatic rings. The van der Waals surface area contributed by atoms with Gasteiger partial charge in [0.2, 0.25) is 0 Å². The van der Waals surface area contributed by atoms with E-state index in [4.69, 9.17) is 5.53 Å². The Balaban J connectivity index is 3.92. The maximum Gasteiger partial charge on any atom is 0.176 e. The van der Waals surface area contributed by atoms with Crippen molar-refractivity contribution in [3.05, 3.63) is 15.7 Å². The monoisotopic (exact) mass is 162 g/mol. The number of nitrogens with zero attached hydrogens (tertiary/aromatic N) is 4. The first-order chi connectivity index (χ1) is 4.68. The minimum absolute atomic E-state index is 0.417. The Morgan fingerprint density at radius 3 is 2.40 bits per heavy atom. The van der Waals surface area contributed by atoms with Crippen LogP contribution in [0.1, 0.15) is 13.8 Å². The van der Waals surface area contributed by atoms with Gasteiger partial charge in [0.15, 0.2) is 12.1 Å². The molecule has 0 aliphatic rings. The van der Waals surface area contributed by atoms with E-state index < -0.39 is 4.05 Å². The molecule has 0 bridgehead atoms. The normalized spacial score (nSPS) is 10.7. The predicted molar refractivity (Wildman–Crippen MR) is 41.4 cm³/mol. The van der Waals surface area contributed by atoms with E-state index in [0.717, 1.165) is 0 Å². The average Bonchev–Trinajstić information content (AvgIpc) is 2.00. The van der Waals surface area contributed by atoms with E-state index in [9.17, 15) is 5.21 Å². The number of azide groups is 1. The maximum absolute atomic E-state index is 11.2. The third kappa shape index (κ3) is 2.93. The molecule has 5 nitrogen and oxygen atoms in total. The molecule has 0 aliphatic carbocycles. The summed E-state index contributed by atoms with van der Waals surface area (Å²) in [6, 6.07) is 0. The van der Waals surface area contributed by atoms with E-state index in [1.807, 2.05) is 0 Å². The van der Waals surface area contributed by atoms with Gasteiger partial charge in [0.05, 0.1) is 13.1 Å². The molecular formula is C4H10N4OS. The van der Waals surface area contributed by atoms with Gasteiger partial charge >= 0.3 is 0 Å². The van der Waals surface area contributed by atoms with Crippen molar-refractivity contribution in [2.75, 3.05) is 13.1 Å². The third-order valence-electron chi connectivity index (χ3n) is 1.19. The van der Waals surface area contributed by atoms with E-state index in [-0.39, 0.29) is 0 Å². The smallest absolute Gasteiger partial charge is 0.176 e. The Labute approximate surface area is 64.1 Å². The van der Waals surface area contributed by atoms with Crippen molar-refractivity contribution in [3.63, 3.8) is 0 Å². The minimum Gasteiger partial charge on any atom is -0.620 e. The largest absolute Gasteiger partial charge is 0.620 e. The van der Waals surface area contributed by atoms with E-state index in [2.05, 4.69) is 9.43 Å². The second-order valence-corrected chi connectivity index (χ2v) is 2.69. The summed E-state index contributed by atoms with van der Waals surface area (Å²) in [4.78, 5) is 2.49. The first kappa shape index (κ1) is 9.58. The number of rotatable bonds is 4. The van der Waals surface area contributed by atoms with E-state index in [1.165, 1.54) is 0 Å². The molecule has 0 atom stereocenters. The van der Waals surface area contributed by atoms with Gasteiger partial charge in [0.1, 0.15) is 0 Å². The van der Waals surface area contributed by atoms with Crippen LogP contribution in [0, 0.1) is 5.21 Å². The number of hydrogen-bond donors (Lipinski definition) is 0. The van der Waals surface area contributed by atoms with Crippen LogP contribution in [0.25, 0.3) is 10.4 Å². The van der Waals surface area contributed by atoms with Crippen LogP contribution in [0.15, 0.2) is 4.52 Å². The van der Waals surface area contributed by atoms with Crippen LogP contribution in [-0.4, -0.2) is 17.1 Å². The van der Waals surface area contributed by atoms with Crippen molar-refractivity contribution in [2.24, 2.45) is 4.52 Å². The summed E-state index contributed by atoms with van der Waals surface area (Å²) in [5.74, 6) is 0. The fourth-order valence-electron chi connectivity index (χ4n) is 0.422. The Morgan fingerprint density at radius 2 is 2.10 bits per heavy atom. The molecule has 0 aromatic heterocycles. The van der Waals surface area contributed by atoms with Gasteiger partial charge in [-0.05, 0) is 19.4 Å². The molecule has 6 heteroatoms. The zero-order valence-corrected chi connectivity index (χ0v) is 6.84. The average molecular weight is 162 g/mol. The maximum atomic E-state index is 11.2. The molecule has 58 valence electrons. The lowest BCUT2D eigenvalue weighted by atomic mass is 10.6. The van der Waals surface area contributed by atoms with Gasteiger partial charge < -0.3 is 5.21 Å². The number of hydroxylamine groups is 2. The summed E-state index contributed by atoms with van der Waals surface area (Å²) in [6.45, 7) is 4.35. The van der Waals surface area contributed by atoms with Crippen LogP contribution in [-0.2, 0) is 0 Å². The summed E-state index contributed by atoms with van der Waals surface area (Å²) >= 11 is 0.714. The molecule has 0 N–H and O–H groups in total. The van der Waals surface area contributed by atoms with Crippen molar-refractivity contribution in [1.29, 1.82) is 0 Å². The van der Waals surface area contributed by atoms with Gasteiger partial charge in [-0.15, -0.1) is 0 Å². The van der Waals surface area contributed by atoms with Crippen LogP contribution in [0.4, 0.5) is 0 Å². The molecule has 0 unspecified atom stereocenters. The van der Waals surface area contributed by atoms with E-state index >= 15 is 0 Å². The number of quaternary nitrogens is 1. The Bertz CT molecular complexity index is 140. The molecule has 0 aromatic carbocycles. The fraction of sp³-hybridized carbons (Fsp3) is 1.00. The highest BCUT2D eigenvalue weighted by atomic mass is 32.2. The molecule has 10 heavy (non-hydrogen) atoms. The molecule has 0 rings (SSSR count). The van der Waals surface area contributed by atoms with Crippen molar-refractivity contribution < 1.29 is 4.05 Å². The molecule has 0 heterocycles. The highest BCUT2D eigenvalue weighted by molar-refractivity contribution is 7.92. The van der Waals surface area contributed by atoms with Crippen molar-refractivity contribution in [1.82, 2.24) is 0 Å². The second-order valence-electron chi connectivity index (χ2n) is 1.70. The highest BCUT2D eigenvalue weighted by Crippen LogP contribution is 2.20. The predicted octanol–water partition coefficient (Wildman–Crippen LogP) is 2.21. The van der Waals surface area contributed by atoms with E-state index in [1.54, 1.807) is 13.8 Å². The molecule has 0 spiro atoms. The summed E-state index contributed by atoms with van der Waals surface area (Å²) in [7, 11) is 0. The standard InChI is InChI=1S/C4H10N4OS/c1-3-8(9,4-2)10-7-6-5/h3-4H2,1-2H3. The van der Waals surface area contributed by atoms with Crippen LogP contribution in [0.3, 0.4) is 0 Å². The van der Waals surface area contributed by atoms with E-state index in [0.29, 0.717) is 25.2 Å². The lowest BCUT2D eigenvalue weighted by molar-refractivity contribution is -0.736. The molecule has 0 fully saturated rings. The summed E-state index contributed by atoms with van der Waals surface area (Å²) in [6.07, 6.45) is 0. The van der Waals surface area contributed by atoms with Gasteiger partial charge in [0, 0.05) is 9.43 Å². The third-order valence-corrected chi connectivity index (χ3v) is 2.15. The second kappa shape index (κ2) is 4.40. The molecule has 0 amide bonds. The summed E-state index contributed by atoms with van der Waals surface area (Å²) in [5, 5.41) is 11.2. The van der Waals surface area contributed by atoms with Crippen LogP contribution < -0.4 is 0 Å². The Hall–Kier alpha value is -0.420. The Morgan fingerprint density at radius 1 is 1.60 bits per heavy atom. The fourth-order valence-corrected chi connectivity index (χ4v) is 0.819. The molecule has 0 radical (unpaired) electrons. The lowest BCUT2D eigenvalue weighted by Gasteiger charge is -2.35. The van der Waals surface area contributed by atoms with Gasteiger partial charge in [-0.25, -0.2) is 0 Å². The molecular weight excluding hydrogens is 152 g/mol. The minimum atomic E-state index is -0.510. The van der Waals surface area contributed by atoms with Gasteiger partial charge in [-0.3, -0.25) is 4.05 Å². The summed E-state index contributed by atoms with van der Waals surface area (Å²) < 4.78 is 2.63. The van der Waals surface area contributed by atoms with Gasteiger partial charge in [0.25, 0.3) is 0 Å². The van der Waals surface area contributed by atoms with Gasteiger partial charge in [-0.2, -0.15) is 0 Å². The number of hydrogen-bond acceptors (Lipinski definition) is 3. The zero-order valence-electron chi connectivity index (χ0n) is 6.02. The Kier molecular flexibility index (Phi) is 4.22. The van der Waals surface area contributed by atoms with Crippen molar-refractivity contribution >= 4 is 12.1 Å². The lowest BCUT2D eigenvalue weighted by Crippen LogP contribution is -2.32. The molecule has 0 aliphatic heterocycles.